The number of nitrogens with zero attached hydrogens (tertiary/aromatic N) is 2. The molecule has 1 unspecified atom stereocenters. The van der Waals surface area contributed by atoms with Gasteiger partial charge in [0.2, 0.25) is 0 Å². The van der Waals surface area contributed by atoms with E-state index in [4.69, 9.17) is 5.21 Å². The van der Waals surface area contributed by atoms with Crippen LogP contribution >= 0.6 is 0 Å². The lowest BCUT2D eigenvalue weighted by Crippen LogP contribution is -2.36. The highest BCUT2D eigenvalue weighted by molar-refractivity contribution is 5.93. The van der Waals surface area contributed by atoms with Crippen molar-refractivity contribution in [1.29, 1.82) is 0 Å². The van der Waals surface area contributed by atoms with Crippen LogP contribution in [0.2, 0.25) is 0 Å². The molecule has 2 aliphatic heterocycles. The molecule has 1 aromatic rings. The summed E-state index contributed by atoms with van der Waals surface area (Å²) in [7, 11) is 0. The van der Waals surface area contributed by atoms with E-state index >= 15 is 0 Å². The molecular formula is C16H24N4O2. The number of pyridine rings is 1. The molecular weight excluding hydrogens is 280 g/mol. The number of fused-ring (bicyclic) bond motifs is 1. The highest BCUT2D eigenvalue weighted by atomic mass is 16.5. The van der Waals surface area contributed by atoms with Gasteiger partial charge >= 0.3 is 0 Å². The first kappa shape index (κ1) is 15.4. The van der Waals surface area contributed by atoms with Crippen molar-refractivity contribution in [1.82, 2.24) is 20.7 Å². The van der Waals surface area contributed by atoms with Crippen molar-refractivity contribution in [3.05, 3.63) is 29.1 Å². The molecule has 0 saturated carbocycles. The number of hydrogen-bond acceptors (Lipinski definition) is 5. The Bertz CT molecular complexity index is 529. The summed E-state index contributed by atoms with van der Waals surface area (Å²) in [4.78, 5) is 18.3. The molecule has 3 heterocycles. The maximum absolute atomic E-state index is 11.4. The predicted molar refractivity (Wildman–Crippen MR) is 82.7 cm³/mol. The fraction of sp³-hybridized carbons (Fsp3) is 0.625. The summed E-state index contributed by atoms with van der Waals surface area (Å²) in [6, 6.07) is 1.84. The smallest absolute Gasteiger partial charge is 0.276 e. The molecule has 1 atom stereocenters. The average molecular weight is 304 g/mol. The Hall–Kier alpha value is -1.50. The van der Waals surface area contributed by atoms with Gasteiger partial charge in [-0.25, -0.2) is 5.48 Å². The van der Waals surface area contributed by atoms with Crippen molar-refractivity contribution in [2.45, 2.75) is 32.2 Å². The minimum atomic E-state index is -0.498. The molecule has 1 amide bonds. The molecule has 6 heteroatoms. The second-order valence-electron chi connectivity index (χ2n) is 6.30. The molecule has 22 heavy (non-hydrogen) atoms. The zero-order chi connectivity index (χ0) is 15.4. The Morgan fingerprint density at radius 2 is 2.45 bits per heavy atom. The van der Waals surface area contributed by atoms with Crippen molar-refractivity contribution < 1.29 is 10.0 Å². The minimum Gasteiger partial charge on any atom is -0.316 e. The molecule has 120 valence electrons. The zero-order valence-electron chi connectivity index (χ0n) is 12.8. The monoisotopic (exact) mass is 304 g/mol. The van der Waals surface area contributed by atoms with Crippen LogP contribution in [0.1, 0.15) is 40.9 Å². The third-order valence-corrected chi connectivity index (χ3v) is 4.75. The maximum Gasteiger partial charge on any atom is 0.276 e. The number of nitrogens with one attached hydrogen (secondary N) is 2. The summed E-state index contributed by atoms with van der Waals surface area (Å²) >= 11 is 0. The Morgan fingerprint density at radius 3 is 3.23 bits per heavy atom. The normalized spacial score (nSPS) is 22.1. The summed E-state index contributed by atoms with van der Waals surface area (Å²) in [5.41, 5.74) is 4.26. The first-order valence-electron chi connectivity index (χ1n) is 8.11. The van der Waals surface area contributed by atoms with Gasteiger partial charge in [0.1, 0.15) is 0 Å². The van der Waals surface area contributed by atoms with Crippen LogP contribution in [0.3, 0.4) is 0 Å². The van der Waals surface area contributed by atoms with E-state index < -0.39 is 5.91 Å². The van der Waals surface area contributed by atoms with E-state index in [2.05, 4.69) is 15.2 Å². The summed E-state index contributed by atoms with van der Waals surface area (Å²) in [6.45, 7) is 5.31. The van der Waals surface area contributed by atoms with Crippen molar-refractivity contribution in [2.24, 2.45) is 5.92 Å². The van der Waals surface area contributed by atoms with E-state index in [0.29, 0.717) is 5.56 Å². The second-order valence-corrected chi connectivity index (χ2v) is 6.30. The van der Waals surface area contributed by atoms with Crippen molar-refractivity contribution in [3.63, 3.8) is 0 Å². The molecule has 0 bridgehead atoms. The van der Waals surface area contributed by atoms with Crippen molar-refractivity contribution in [3.8, 4) is 0 Å². The van der Waals surface area contributed by atoms with Gasteiger partial charge in [0.25, 0.3) is 5.91 Å². The quantitative estimate of drug-likeness (QED) is 0.570. The molecule has 1 saturated heterocycles. The Kier molecular flexibility index (Phi) is 5.02. The number of piperidine rings is 1. The summed E-state index contributed by atoms with van der Waals surface area (Å²) in [5.74, 6) is 0.307. The van der Waals surface area contributed by atoms with E-state index in [0.717, 1.165) is 49.8 Å². The van der Waals surface area contributed by atoms with Gasteiger partial charge in [-0.05, 0) is 62.9 Å². The topological polar surface area (TPSA) is 77.5 Å². The van der Waals surface area contributed by atoms with Crippen molar-refractivity contribution in [2.75, 3.05) is 26.2 Å². The highest BCUT2D eigenvalue weighted by Crippen LogP contribution is 2.20. The predicted octanol–water partition coefficient (Wildman–Crippen LogP) is 0.948. The van der Waals surface area contributed by atoms with E-state index in [1.807, 2.05) is 6.07 Å². The lowest BCUT2D eigenvalue weighted by molar-refractivity contribution is 0.0705. The molecule has 1 aromatic heterocycles. The third-order valence-electron chi connectivity index (χ3n) is 4.75. The maximum atomic E-state index is 11.4. The summed E-state index contributed by atoms with van der Waals surface area (Å²) < 4.78 is 0. The van der Waals surface area contributed by atoms with Gasteiger partial charge in [-0.3, -0.25) is 19.9 Å². The standard InChI is InChI=1S/C16H24N4O2/c21-16(19-22)14-8-13-4-7-20(11-15(13)18-10-14)6-3-12-2-1-5-17-9-12/h8,10,12,17,22H,1-7,9,11H2,(H,19,21). The molecule has 1 fully saturated rings. The average Bonchev–Trinajstić information content (AvgIpc) is 2.59. The molecule has 3 rings (SSSR count). The summed E-state index contributed by atoms with van der Waals surface area (Å²) in [5, 5.41) is 12.2. The molecule has 0 radical (unpaired) electrons. The van der Waals surface area contributed by atoms with Gasteiger partial charge in [-0.2, -0.15) is 0 Å². The first-order valence-corrected chi connectivity index (χ1v) is 8.11. The zero-order valence-corrected chi connectivity index (χ0v) is 12.8. The number of carbonyl (C=O) groups is 1. The SMILES string of the molecule is O=C(NO)c1cnc2c(c1)CCN(CCC1CCCNC1)C2. The Morgan fingerprint density at radius 1 is 1.55 bits per heavy atom. The van der Waals surface area contributed by atoms with Crippen LogP contribution in [-0.4, -0.2) is 47.2 Å². The van der Waals surface area contributed by atoms with E-state index in [1.54, 1.807) is 11.7 Å². The fourth-order valence-corrected chi connectivity index (χ4v) is 3.38. The van der Waals surface area contributed by atoms with Crippen LogP contribution in [0.4, 0.5) is 0 Å². The van der Waals surface area contributed by atoms with Gasteiger partial charge in [0, 0.05) is 19.3 Å². The lowest BCUT2D eigenvalue weighted by Gasteiger charge is -2.30. The van der Waals surface area contributed by atoms with Crippen LogP contribution in [0, 0.1) is 5.92 Å². The largest absolute Gasteiger partial charge is 0.316 e. The number of carbonyl (C=O) groups excluding carboxylic acids is 1. The summed E-state index contributed by atoms with van der Waals surface area (Å²) in [6.07, 6.45) is 6.34. The van der Waals surface area contributed by atoms with Gasteiger partial charge < -0.3 is 5.32 Å². The number of hydroxylamine groups is 1. The van der Waals surface area contributed by atoms with Gasteiger partial charge in [0.05, 0.1) is 11.3 Å². The minimum absolute atomic E-state index is 0.419. The third kappa shape index (κ3) is 3.63. The molecule has 0 spiro atoms. The Labute approximate surface area is 130 Å². The van der Waals surface area contributed by atoms with E-state index in [9.17, 15) is 4.79 Å². The highest BCUT2D eigenvalue weighted by Gasteiger charge is 2.20. The van der Waals surface area contributed by atoms with Crippen LogP contribution < -0.4 is 10.8 Å². The van der Waals surface area contributed by atoms with Crippen molar-refractivity contribution >= 4 is 5.91 Å². The number of rotatable bonds is 4. The first-order chi connectivity index (χ1) is 10.8. The Balaban J connectivity index is 1.56. The molecule has 6 nitrogen and oxygen atoms in total. The molecule has 0 aromatic carbocycles. The van der Waals surface area contributed by atoms with Crippen LogP contribution in [0.5, 0.6) is 0 Å². The number of amides is 1. The van der Waals surface area contributed by atoms with Crippen LogP contribution in [-0.2, 0) is 13.0 Å². The van der Waals surface area contributed by atoms with Crippen LogP contribution in [0.15, 0.2) is 12.3 Å². The number of aromatic nitrogens is 1. The van der Waals surface area contributed by atoms with Crippen LogP contribution in [0.25, 0.3) is 0 Å². The van der Waals surface area contributed by atoms with Gasteiger partial charge in [-0.1, -0.05) is 0 Å². The number of hydrogen-bond donors (Lipinski definition) is 3. The van der Waals surface area contributed by atoms with E-state index in [-0.39, 0.29) is 0 Å². The lowest BCUT2D eigenvalue weighted by atomic mass is 9.95. The molecule has 2 aliphatic rings. The fourth-order valence-electron chi connectivity index (χ4n) is 3.38. The van der Waals surface area contributed by atoms with E-state index in [1.165, 1.54) is 25.8 Å². The molecule has 0 aliphatic carbocycles. The van der Waals surface area contributed by atoms with Gasteiger partial charge in [-0.15, -0.1) is 0 Å². The van der Waals surface area contributed by atoms with Gasteiger partial charge in [0.15, 0.2) is 0 Å². The second kappa shape index (κ2) is 7.17. The molecule has 3 N–H and O–H groups in total.